The largest absolute Gasteiger partial charge is 0.384 e. The minimum atomic E-state index is -0.519. The quantitative estimate of drug-likeness (QED) is 0.449. The first kappa shape index (κ1) is 21.3. The normalized spacial score (nSPS) is 20.5. The second kappa shape index (κ2) is 7.62. The number of rotatable bonds is 3. The molecule has 0 saturated carbocycles. The Morgan fingerprint density at radius 2 is 1.94 bits per heavy atom. The van der Waals surface area contributed by atoms with Crippen molar-refractivity contribution in [1.82, 2.24) is 0 Å². The van der Waals surface area contributed by atoms with Crippen LogP contribution in [-0.4, -0.2) is 10.7 Å². The molecular formula is C22H19BrN4O3S. The van der Waals surface area contributed by atoms with E-state index in [1.165, 1.54) is 23.5 Å². The lowest BCUT2D eigenvalue weighted by atomic mass is 9.69. The molecule has 0 spiro atoms. The molecule has 158 valence electrons. The summed E-state index contributed by atoms with van der Waals surface area (Å²) >= 11 is 4.94. The summed E-state index contributed by atoms with van der Waals surface area (Å²) in [7, 11) is 0. The van der Waals surface area contributed by atoms with Crippen LogP contribution in [0.3, 0.4) is 0 Å². The zero-order valence-electron chi connectivity index (χ0n) is 16.9. The van der Waals surface area contributed by atoms with Crippen LogP contribution in [0, 0.1) is 26.9 Å². The smallest absolute Gasteiger partial charge is 0.269 e. The maximum atomic E-state index is 13.4. The first-order valence-corrected chi connectivity index (χ1v) is 11.2. The van der Waals surface area contributed by atoms with Gasteiger partial charge in [-0.1, -0.05) is 13.8 Å². The number of halogens is 1. The Kier molecular flexibility index (Phi) is 5.23. The molecular weight excluding hydrogens is 480 g/mol. The van der Waals surface area contributed by atoms with E-state index in [1.807, 2.05) is 26.0 Å². The van der Waals surface area contributed by atoms with Crippen LogP contribution in [0.4, 0.5) is 11.4 Å². The Morgan fingerprint density at radius 3 is 2.48 bits per heavy atom. The van der Waals surface area contributed by atoms with E-state index >= 15 is 0 Å². The number of benzene rings is 1. The van der Waals surface area contributed by atoms with Crippen molar-refractivity contribution in [3.63, 3.8) is 0 Å². The molecule has 2 aliphatic rings. The summed E-state index contributed by atoms with van der Waals surface area (Å²) in [5, 5.41) is 21.1. The number of nitro benzene ring substituents is 1. The van der Waals surface area contributed by atoms with Crippen molar-refractivity contribution in [2.24, 2.45) is 11.1 Å². The fourth-order valence-corrected chi connectivity index (χ4v) is 5.84. The van der Waals surface area contributed by atoms with Crippen molar-refractivity contribution in [2.75, 3.05) is 4.90 Å². The van der Waals surface area contributed by atoms with E-state index in [0.29, 0.717) is 29.7 Å². The van der Waals surface area contributed by atoms with Crippen LogP contribution in [0.1, 0.15) is 37.5 Å². The molecule has 1 atom stereocenters. The predicted octanol–water partition coefficient (Wildman–Crippen LogP) is 5.36. The minimum Gasteiger partial charge on any atom is -0.384 e. The van der Waals surface area contributed by atoms with Crippen molar-refractivity contribution in [3.8, 4) is 6.07 Å². The van der Waals surface area contributed by atoms with Gasteiger partial charge >= 0.3 is 0 Å². The maximum absolute atomic E-state index is 13.4. The van der Waals surface area contributed by atoms with E-state index in [0.717, 1.165) is 14.4 Å². The summed E-state index contributed by atoms with van der Waals surface area (Å²) < 4.78 is 0.905. The number of allylic oxidation sites excluding steroid dienone is 3. The molecule has 0 fully saturated rings. The zero-order valence-corrected chi connectivity index (χ0v) is 19.3. The lowest BCUT2D eigenvalue weighted by Gasteiger charge is -2.43. The average molecular weight is 499 g/mol. The Bertz CT molecular complexity index is 1200. The van der Waals surface area contributed by atoms with Crippen molar-refractivity contribution in [2.45, 2.75) is 32.6 Å². The summed E-state index contributed by atoms with van der Waals surface area (Å²) in [6.07, 6.45) is 0.967. The summed E-state index contributed by atoms with van der Waals surface area (Å²) in [4.78, 5) is 26.6. The highest BCUT2D eigenvalue weighted by Gasteiger charge is 2.45. The zero-order chi connectivity index (χ0) is 22.5. The number of hydrogen-bond donors (Lipinski definition) is 1. The number of nitriles is 1. The van der Waals surface area contributed by atoms with Gasteiger partial charge < -0.3 is 5.73 Å². The molecule has 1 aliphatic carbocycles. The highest BCUT2D eigenvalue weighted by molar-refractivity contribution is 9.11. The van der Waals surface area contributed by atoms with E-state index in [4.69, 9.17) is 5.73 Å². The highest BCUT2D eigenvalue weighted by atomic mass is 79.9. The van der Waals surface area contributed by atoms with Crippen LogP contribution >= 0.6 is 27.3 Å². The molecule has 2 aromatic rings. The van der Waals surface area contributed by atoms with Gasteiger partial charge in [0.15, 0.2) is 5.78 Å². The lowest BCUT2D eigenvalue weighted by Crippen LogP contribution is -2.42. The van der Waals surface area contributed by atoms with E-state index in [-0.39, 0.29) is 22.7 Å². The fraction of sp³-hybridized carbons (Fsp3) is 0.273. The number of non-ortho nitro benzene ring substituents is 1. The van der Waals surface area contributed by atoms with E-state index < -0.39 is 10.8 Å². The monoisotopic (exact) mass is 498 g/mol. The second-order valence-corrected chi connectivity index (χ2v) is 10.9. The van der Waals surface area contributed by atoms with Crippen LogP contribution in [0.5, 0.6) is 0 Å². The summed E-state index contributed by atoms with van der Waals surface area (Å²) in [5.41, 5.74) is 8.44. The number of nitrogens with zero attached hydrogens (tertiary/aromatic N) is 3. The third kappa shape index (κ3) is 3.66. The molecule has 0 saturated heterocycles. The van der Waals surface area contributed by atoms with Crippen LogP contribution in [0.15, 0.2) is 62.8 Å². The molecule has 1 aromatic heterocycles. The predicted molar refractivity (Wildman–Crippen MR) is 122 cm³/mol. The number of carbonyl (C=O) groups is 1. The first-order chi connectivity index (χ1) is 14.6. The van der Waals surface area contributed by atoms with Crippen LogP contribution in [0.25, 0.3) is 0 Å². The van der Waals surface area contributed by atoms with Crippen molar-refractivity contribution >= 4 is 44.4 Å². The molecule has 1 unspecified atom stereocenters. The van der Waals surface area contributed by atoms with Crippen LogP contribution < -0.4 is 10.6 Å². The Hall–Kier alpha value is -2.96. The summed E-state index contributed by atoms with van der Waals surface area (Å²) in [5.74, 6) is -0.280. The number of Topliss-reactive ketones (excluding diaryl/α,β-unsaturated/α-hetero) is 1. The minimum absolute atomic E-state index is 0.00654. The molecule has 4 rings (SSSR count). The SMILES string of the molecule is CC1(C)CC(=O)C2=C(C1)N(c1ccc([N+](=O)[O-])cc1)C(N)=C(C#N)C2c1ccc(Br)s1. The number of carbonyl (C=O) groups excluding carboxylic acids is 1. The first-order valence-electron chi connectivity index (χ1n) is 9.59. The van der Waals surface area contributed by atoms with E-state index in [2.05, 4.69) is 22.0 Å². The molecule has 1 aromatic carbocycles. The number of ketones is 1. The molecule has 0 radical (unpaired) electrons. The van der Waals surface area contributed by atoms with Gasteiger partial charge in [0.25, 0.3) is 5.69 Å². The van der Waals surface area contributed by atoms with Crippen molar-refractivity contribution in [3.05, 3.63) is 77.8 Å². The van der Waals surface area contributed by atoms with Gasteiger partial charge in [0.2, 0.25) is 0 Å². The van der Waals surface area contributed by atoms with E-state index in [1.54, 1.807) is 17.0 Å². The summed E-state index contributed by atoms with van der Waals surface area (Å²) in [6, 6.07) is 12.0. The molecule has 7 nitrogen and oxygen atoms in total. The van der Waals surface area contributed by atoms with Crippen molar-refractivity contribution < 1.29 is 9.72 Å². The fourth-order valence-electron chi connectivity index (χ4n) is 4.30. The van der Waals surface area contributed by atoms with Crippen LogP contribution in [-0.2, 0) is 4.79 Å². The third-order valence-corrected chi connectivity index (χ3v) is 7.27. The highest BCUT2D eigenvalue weighted by Crippen LogP contribution is 2.51. The van der Waals surface area contributed by atoms with Gasteiger partial charge in [-0.3, -0.25) is 19.8 Å². The molecule has 0 bridgehead atoms. The van der Waals surface area contributed by atoms with Gasteiger partial charge in [-0.05, 0) is 52.0 Å². The Labute approximate surface area is 191 Å². The van der Waals surface area contributed by atoms with Crippen molar-refractivity contribution in [1.29, 1.82) is 5.26 Å². The molecule has 1 aliphatic heterocycles. The van der Waals surface area contributed by atoms with Gasteiger partial charge in [-0.15, -0.1) is 11.3 Å². The van der Waals surface area contributed by atoms with Gasteiger partial charge in [0.1, 0.15) is 5.82 Å². The molecule has 2 N–H and O–H groups in total. The lowest BCUT2D eigenvalue weighted by molar-refractivity contribution is -0.384. The topological polar surface area (TPSA) is 113 Å². The second-order valence-electron chi connectivity index (χ2n) is 8.40. The third-order valence-electron chi connectivity index (χ3n) is 5.58. The molecule has 9 heteroatoms. The van der Waals surface area contributed by atoms with Gasteiger partial charge in [0.05, 0.1) is 26.3 Å². The summed E-state index contributed by atoms with van der Waals surface area (Å²) in [6.45, 7) is 4.05. The average Bonchev–Trinajstić information content (AvgIpc) is 3.12. The number of nitro groups is 1. The van der Waals surface area contributed by atoms with Gasteiger partial charge in [0, 0.05) is 40.4 Å². The molecule has 2 heterocycles. The standard InChI is InChI=1S/C22H19BrN4O3S/c1-22(2)9-15-20(16(28)10-22)19(17-7-8-18(23)31-17)14(11-24)21(25)26(15)12-3-5-13(6-4-12)27(29)30/h3-8,19H,9-10,25H2,1-2H3. The van der Waals surface area contributed by atoms with Crippen LogP contribution in [0.2, 0.25) is 0 Å². The van der Waals surface area contributed by atoms with Gasteiger partial charge in [-0.25, -0.2) is 0 Å². The Morgan fingerprint density at radius 1 is 1.26 bits per heavy atom. The van der Waals surface area contributed by atoms with Gasteiger partial charge in [-0.2, -0.15) is 5.26 Å². The van der Waals surface area contributed by atoms with E-state index in [9.17, 15) is 20.2 Å². The molecule has 0 amide bonds. The number of nitrogens with two attached hydrogens (primary N) is 1. The Balaban J connectivity index is 1.96. The number of hydrogen-bond acceptors (Lipinski definition) is 7. The number of thiophene rings is 1. The molecule has 31 heavy (non-hydrogen) atoms. The maximum Gasteiger partial charge on any atom is 0.269 e. The number of anilines is 1.